The van der Waals surface area contributed by atoms with Crippen LogP contribution in [-0.2, 0) is 38.7 Å². The maximum Gasteiger partial charge on any atom is 0.306 e. The van der Waals surface area contributed by atoms with Gasteiger partial charge in [-0.2, -0.15) is 8.42 Å². The molecule has 0 spiro atoms. The van der Waals surface area contributed by atoms with Crippen LogP contribution in [0.3, 0.4) is 0 Å². The first-order chi connectivity index (χ1) is 29.5. The minimum absolute atomic E-state index is 0.143. The number of rotatable bonds is 39. The lowest BCUT2D eigenvalue weighted by Gasteiger charge is -2.40. The van der Waals surface area contributed by atoms with Crippen molar-refractivity contribution in [3.8, 4) is 0 Å². The number of allylic oxidation sites excluding steroid dienone is 8. The molecule has 0 amide bonds. The van der Waals surface area contributed by atoms with Gasteiger partial charge in [0.05, 0.1) is 6.61 Å². The molecule has 0 aromatic heterocycles. The Labute approximate surface area is 369 Å². The van der Waals surface area contributed by atoms with Crippen LogP contribution in [0.2, 0.25) is 0 Å². The van der Waals surface area contributed by atoms with Gasteiger partial charge in [0.25, 0.3) is 10.1 Å². The van der Waals surface area contributed by atoms with Gasteiger partial charge >= 0.3 is 11.9 Å². The molecule has 61 heavy (non-hydrogen) atoms. The van der Waals surface area contributed by atoms with Gasteiger partial charge in [-0.1, -0.05) is 152 Å². The molecule has 1 heterocycles. The van der Waals surface area contributed by atoms with Crippen LogP contribution in [0.4, 0.5) is 0 Å². The second kappa shape index (κ2) is 38.1. The molecule has 0 bridgehead atoms. The van der Waals surface area contributed by atoms with Crippen molar-refractivity contribution >= 4 is 22.1 Å². The Morgan fingerprint density at radius 1 is 0.574 bits per heavy atom. The molecule has 13 heteroatoms. The van der Waals surface area contributed by atoms with Crippen LogP contribution in [0.5, 0.6) is 0 Å². The fourth-order valence-electron chi connectivity index (χ4n) is 6.98. The molecule has 12 nitrogen and oxygen atoms in total. The predicted molar refractivity (Wildman–Crippen MR) is 242 cm³/mol. The molecule has 1 saturated heterocycles. The Morgan fingerprint density at radius 3 is 1.56 bits per heavy atom. The maximum atomic E-state index is 12.8. The summed E-state index contributed by atoms with van der Waals surface area (Å²) in [6.45, 7) is 3.63. The molecule has 0 aliphatic carbocycles. The van der Waals surface area contributed by atoms with Gasteiger partial charge < -0.3 is 34.3 Å². The number of aliphatic hydroxyl groups excluding tert-OH is 3. The highest BCUT2D eigenvalue weighted by atomic mass is 32.2. The van der Waals surface area contributed by atoms with Crippen molar-refractivity contribution in [2.75, 3.05) is 19.0 Å². The predicted octanol–water partition coefficient (Wildman–Crippen LogP) is 9.95. The summed E-state index contributed by atoms with van der Waals surface area (Å²) in [5, 5.41) is 30.9. The van der Waals surface area contributed by atoms with Crippen molar-refractivity contribution < 1.29 is 56.8 Å². The molecule has 1 aliphatic rings. The Morgan fingerprint density at radius 2 is 1.03 bits per heavy atom. The standard InChI is InChI=1S/C48H84O12S/c1-3-5-7-9-11-13-15-17-19-20-21-23-24-26-28-30-32-34-36-43(49)57-38-41(39-58-48-47(53)46(52)45(51)42(60-48)40-61(54,55)56)59-44(50)37-35-33-31-29-27-25-22-18-16-14-12-10-8-6-4-2/h6,8,12,14,18-20,22,41-42,45-48,51-53H,3-5,7,9-11,13,15-17,21,23-40H2,1-2H3,(H,54,55,56)/b8-6-,14-12-,20-19-,22-18-. The van der Waals surface area contributed by atoms with Crippen LogP contribution in [0.1, 0.15) is 187 Å². The topological polar surface area (TPSA) is 186 Å². The zero-order valence-corrected chi connectivity index (χ0v) is 38.6. The largest absolute Gasteiger partial charge is 0.462 e. The third-order valence-corrected chi connectivity index (χ3v) is 11.4. The molecular formula is C48H84O12S. The number of ether oxygens (including phenoxy) is 4. The number of hydrogen-bond donors (Lipinski definition) is 4. The third kappa shape index (κ3) is 32.9. The van der Waals surface area contributed by atoms with Gasteiger partial charge in [-0.15, -0.1) is 0 Å². The van der Waals surface area contributed by atoms with E-state index >= 15 is 0 Å². The fourth-order valence-corrected chi connectivity index (χ4v) is 7.67. The van der Waals surface area contributed by atoms with E-state index < -0.39 is 71.2 Å². The quantitative estimate of drug-likeness (QED) is 0.0198. The van der Waals surface area contributed by atoms with Crippen molar-refractivity contribution in [2.45, 2.75) is 224 Å². The van der Waals surface area contributed by atoms with E-state index in [1.54, 1.807) is 0 Å². The minimum Gasteiger partial charge on any atom is -0.462 e. The van der Waals surface area contributed by atoms with Crippen molar-refractivity contribution in [2.24, 2.45) is 0 Å². The molecule has 1 rings (SSSR count). The molecule has 6 unspecified atom stereocenters. The van der Waals surface area contributed by atoms with Crippen molar-refractivity contribution in [1.29, 1.82) is 0 Å². The highest BCUT2D eigenvalue weighted by Crippen LogP contribution is 2.24. The third-order valence-electron chi connectivity index (χ3n) is 10.6. The Hall–Kier alpha value is -2.39. The van der Waals surface area contributed by atoms with Crippen LogP contribution in [0, 0.1) is 0 Å². The Balaban J connectivity index is 2.43. The lowest BCUT2D eigenvalue weighted by molar-refractivity contribution is -0.297. The van der Waals surface area contributed by atoms with Crippen molar-refractivity contribution in [3.05, 3.63) is 48.6 Å². The van der Waals surface area contributed by atoms with Gasteiger partial charge in [0.15, 0.2) is 12.4 Å². The van der Waals surface area contributed by atoms with Crippen molar-refractivity contribution in [1.82, 2.24) is 0 Å². The smallest absolute Gasteiger partial charge is 0.306 e. The van der Waals surface area contributed by atoms with Crippen LogP contribution in [0.25, 0.3) is 0 Å². The summed E-state index contributed by atoms with van der Waals surface area (Å²) < 4.78 is 54.1. The van der Waals surface area contributed by atoms with E-state index in [9.17, 15) is 37.9 Å². The van der Waals surface area contributed by atoms with Crippen LogP contribution < -0.4 is 0 Å². The second-order valence-corrected chi connectivity index (χ2v) is 17.9. The normalized spacial score (nSPS) is 20.4. The number of hydrogen-bond acceptors (Lipinski definition) is 11. The van der Waals surface area contributed by atoms with Gasteiger partial charge in [-0.25, -0.2) is 0 Å². The Kier molecular flexibility index (Phi) is 35.4. The number of esters is 2. The summed E-state index contributed by atoms with van der Waals surface area (Å²) in [6.07, 6.45) is 35.8. The summed E-state index contributed by atoms with van der Waals surface area (Å²) in [6, 6.07) is 0. The van der Waals surface area contributed by atoms with E-state index in [-0.39, 0.29) is 19.4 Å². The van der Waals surface area contributed by atoms with E-state index in [0.717, 1.165) is 77.0 Å². The zero-order chi connectivity index (χ0) is 44.8. The molecule has 0 aromatic rings. The van der Waals surface area contributed by atoms with Gasteiger partial charge in [0.1, 0.15) is 36.8 Å². The van der Waals surface area contributed by atoms with Gasteiger partial charge in [-0.05, 0) is 70.6 Å². The van der Waals surface area contributed by atoms with Gasteiger partial charge in [0, 0.05) is 12.8 Å². The van der Waals surface area contributed by atoms with E-state index in [4.69, 9.17) is 18.9 Å². The lowest BCUT2D eigenvalue weighted by atomic mass is 10.00. The molecular weight excluding hydrogens is 801 g/mol. The van der Waals surface area contributed by atoms with E-state index in [1.807, 2.05) is 0 Å². The van der Waals surface area contributed by atoms with Crippen LogP contribution in [0.15, 0.2) is 48.6 Å². The highest BCUT2D eigenvalue weighted by Gasteiger charge is 2.46. The fraction of sp³-hybridized carbons (Fsp3) is 0.792. The summed E-state index contributed by atoms with van der Waals surface area (Å²) in [7, 11) is -4.61. The summed E-state index contributed by atoms with van der Waals surface area (Å²) in [4.78, 5) is 25.4. The number of unbranched alkanes of at least 4 members (excludes halogenated alkanes) is 19. The second-order valence-electron chi connectivity index (χ2n) is 16.4. The summed E-state index contributed by atoms with van der Waals surface area (Å²) in [5.41, 5.74) is 0. The minimum atomic E-state index is -4.61. The Bertz CT molecular complexity index is 1310. The van der Waals surface area contributed by atoms with E-state index in [1.165, 1.54) is 70.6 Å². The zero-order valence-electron chi connectivity index (χ0n) is 37.8. The average Bonchev–Trinajstić information content (AvgIpc) is 3.22. The molecule has 0 saturated carbocycles. The highest BCUT2D eigenvalue weighted by molar-refractivity contribution is 7.85. The average molecular weight is 885 g/mol. The van der Waals surface area contributed by atoms with Gasteiger partial charge in [-0.3, -0.25) is 14.1 Å². The monoisotopic (exact) mass is 885 g/mol. The molecule has 1 aliphatic heterocycles. The summed E-state index contributed by atoms with van der Waals surface area (Å²) in [5.74, 6) is -2.01. The van der Waals surface area contributed by atoms with Crippen LogP contribution in [-0.4, -0.2) is 96.0 Å². The number of aliphatic hydroxyl groups is 3. The maximum absolute atomic E-state index is 12.8. The van der Waals surface area contributed by atoms with E-state index in [2.05, 4.69) is 62.5 Å². The lowest BCUT2D eigenvalue weighted by Crippen LogP contribution is -2.60. The molecule has 6 atom stereocenters. The first-order valence-electron chi connectivity index (χ1n) is 23.7. The summed E-state index contributed by atoms with van der Waals surface area (Å²) >= 11 is 0. The van der Waals surface area contributed by atoms with E-state index in [0.29, 0.717) is 12.8 Å². The molecule has 4 N–H and O–H groups in total. The molecule has 0 radical (unpaired) electrons. The first kappa shape index (κ1) is 56.6. The van der Waals surface area contributed by atoms with Gasteiger partial charge in [0.2, 0.25) is 0 Å². The molecule has 0 aromatic carbocycles. The first-order valence-corrected chi connectivity index (χ1v) is 25.3. The molecule has 354 valence electrons. The number of carbonyl (C=O) groups is 2. The van der Waals surface area contributed by atoms with Crippen LogP contribution >= 0.6 is 0 Å². The molecule has 1 fully saturated rings. The SMILES string of the molecule is CC/C=C\C/C=C\C/C=C\CCCCCCCC(=O)OC(COC(=O)CCCCCCCCC/C=C\CCCCCCCCC)COC1OC(CS(=O)(=O)O)C(O)C(O)C1O. The van der Waals surface area contributed by atoms with Crippen molar-refractivity contribution in [3.63, 3.8) is 0 Å². The number of carbonyl (C=O) groups excluding carboxylic acids is 2.